The van der Waals surface area contributed by atoms with E-state index < -0.39 is 24.3 Å². The van der Waals surface area contributed by atoms with Gasteiger partial charge in [-0.1, -0.05) is 284 Å². The lowest BCUT2D eigenvalue weighted by molar-refractivity contribution is -0.870. The summed E-state index contributed by atoms with van der Waals surface area (Å²) in [6.45, 7) is 4.66. The highest BCUT2D eigenvalue weighted by Crippen LogP contribution is 2.17. The maximum Gasteiger partial charge on any atom is 0.306 e. The summed E-state index contributed by atoms with van der Waals surface area (Å²) in [6.07, 6.45) is 80.4. The zero-order valence-electron chi connectivity index (χ0n) is 52.4. The van der Waals surface area contributed by atoms with Crippen LogP contribution in [0.3, 0.4) is 0 Å². The van der Waals surface area contributed by atoms with Crippen molar-refractivity contribution < 1.29 is 42.9 Å². The van der Waals surface area contributed by atoms with Crippen molar-refractivity contribution in [2.24, 2.45) is 0 Å². The molecular weight excluding hydrogens is 995 g/mol. The molecule has 2 unspecified atom stereocenters. The van der Waals surface area contributed by atoms with Gasteiger partial charge in [0.1, 0.15) is 13.2 Å². The number of hydrogen-bond donors (Lipinski definition) is 0. The van der Waals surface area contributed by atoms with Crippen LogP contribution in [0.25, 0.3) is 0 Å². The number of unbranched alkanes of at least 4 members (excludes halogenated alkanes) is 29. The molecule has 0 N–H and O–H groups in total. The maximum absolute atomic E-state index is 12.9. The van der Waals surface area contributed by atoms with Gasteiger partial charge in [0.2, 0.25) is 0 Å². The molecule has 460 valence electrons. The second-order valence-corrected chi connectivity index (χ2v) is 23.0. The number of nitrogens with zero attached hydrogens (tertiary/aromatic N) is 1. The van der Waals surface area contributed by atoms with Crippen molar-refractivity contribution in [3.63, 3.8) is 0 Å². The molecule has 0 radical (unpaired) electrons. The van der Waals surface area contributed by atoms with Crippen molar-refractivity contribution >= 4 is 17.9 Å². The smallest absolute Gasteiger partial charge is 0.306 e. The van der Waals surface area contributed by atoms with Gasteiger partial charge in [0, 0.05) is 12.8 Å². The Kier molecular flexibility index (Phi) is 58.4. The summed E-state index contributed by atoms with van der Waals surface area (Å²) in [4.78, 5) is 37.4. The zero-order chi connectivity index (χ0) is 58.3. The van der Waals surface area contributed by atoms with Crippen LogP contribution in [-0.4, -0.2) is 82.3 Å². The van der Waals surface area contributed by atoms with Gasteiger partial charge >= 0.3 is 11.9 Å². The summed E-state index contributed by atoms with van der Waals surface area (Å²) < 4.78 is 22.8. The highest BCUT2D eigenvalue weighted by atomic mass is 16.7. The summed E-state index contributed by atoms with van der Waals surface area (Å²) in [5.74, 6) is -2.28. The Bertz CT molecular complexity index is 1630. The van der Waals surface area contributed by atoms with Gasteiger partial charge in [-0.05, 0) is 77.0 Å². The van der Waals surface area contributed by atoms with Gasteiger partial charge in [-0.2, -0.15) is 0 Å². The number of carbonyl (C=O) groups is 3. The average molecular weight is 1120 g/mol. The molecule has 0 saturated carbocycles. The van der Waals surface area contributed by atoms with Gasteiger partial charge < -0.3 is 33.3 Å². The molecule has 80 heavy (non-hydrogen) atoms. The first kappa shape index (κ1) is 76.2. The van der Waals surface area contributed by atoms with E-state index >= 15 is 0 Å². The molecule has 9 nitrogen and oxygen atoms in total. The Morgan fingerprint density at radius 1 is 0.388 bits per heavy atom. The molecule has 0 rings (SSSR count). The number of likely N-dealkylation sites (N-methyl/N-ethyl adjacent to an activating group) is 1. The molecule has 0 heterocycles. The van der Waals surface area contributed by atoms with Crippen LogP contribution >= 0.6 is 0 Å². The second-order valence-electron chi connectivity index (χ2n) is 23.0. The summed E-state index contributed by atoms with van der Waals surface area (Å²) >= 11 is 0. The normalized spacial score (nSPS) is 13.4. The minimum absolute atomic E-state index is 0.145. The quantitative estimate of drug-likeness (QED) is 0.0195. The summed E-state index contributed by atoms with van der Waals surface area (Å²) in [5.41, 5.74) is 0. The zero-order valence-corrected chi connectivity index (χ0v) is 52.4. The second kappa shape index (κ2) is 61.3. The van der Waals surface area contributed by atoms with E-state index in [2.05, 4.69) is 111 Å². The average Bonchev–Trinajstić information content (AvgIpc) is 3.43. The van der Waals surface area contributed by atoms with E-state index in [0.29, 0.717) is 23.9 Å². The molecule has 0 aromatic carbocycles. The fourth-order valence-corrected chi connectivity index (χ4v) is 9.08. The van der Waals surface area contributed by atoms with Crippen LogP contribution in [0.15, 0.2) is 97.2 Å². The van der Waals surface area contributed by atoms with E-state index in [9.17, 15) is 19.5 Å². The molecule has 0 spiro atoms. The Balaban J connectivity index is 4.17. The van der Waals surface area contributed by atoms with Crippen molar-refractivity contribution in [1.29, 1.82) is 0 Å². The van der Waals surface area contributed by atoms with Gasteiger partial charge in [0.25, 0.3) is 0 Å². The lowest BCUT2D eigenvalue weighted by Crippen LogP contribution is -2.44. The molecule has 0 aliphatic heterocycles. The van der Waals surface area contributed by atoms with E-state index in [1.165, 1.54) is 148 Å². The minimum Gasteiger partial charge on any atom is -0.545 e. The fourth-order valence-electron chi connectivity index (χ4n) is 9.08. The van der Waals surface area contributed by atoms with E-state index in [1.807, 2.05) is 21.1 Å². The largest absolute Gasteiger partial charge is 0.545 e. The lowest BCUT2D eigenvalue weighted by atomic mass is 10.0. The minimum atomic E-state index is -1.63. The number of carbonyl (C=O) groups excluding carboxylic acids is 3. The standard InChI is InChI=1S/C71H123NO8/c1-6-8-10-12-14-16-18-20-22-24-26-28-29-30-31-32-33-34-35-36-37-38-39-40-41-42-44-46-48-50-52-54-56-58-60-62-69(74)80-67(66-79-71(70(75)76)77-64-63-72(3,4)5)65-78-68(73)61-59-57-55-53-51-49-47-45-43-27-25-23-21-19-17-15-13-11-9-7-2/h8,10,14,16,20,22,26,28,30-31,33-34,36-37,39-40,67,71H,6-7,9,11-13,15,17-19,21,23-25,27,29,32,35,38,41-66H2,1-5H3/b10-8-,16-14-,22-20-,28-26-,31-30-,34-33-,37-36-,40-39-. The number of esters is 2. The first-order valence-electron chi connectivity index (χ1n) is 32.9. The van der Waals surface area contributed by atoms with Crippen LogP contribution in [0.5, 0.6) is 0 Å². The number of carboxylic acid groups (broad SMARTS) is 1. The maximum atomic E-state index is 12.9. The molecule has 9 heteroatoms. The molecule has 0 fully saturated rings. The Morgan fingerprint density at radius 2 is 0.713 bits per heavy atom. The number of hydrogen-bond acceptors (Lipinski definition) is 8. The topological polar surface area (TPSA) is 111 Å². The van der Waals surface area contributed by atoms with Crippen molar-refractivity contribution in [1.82, 2.24) is 0 Å². The highest BCUT2D eigenvalue weighted by molar-refractivity contribution is 5.70. The third-order valence-corrected chi connectivity index (χ3v) is 14.1. The Morgan fingerprint density at radius 3 is 1.06 bits per heavy atom. The lowest BCUT2D eigenvalue weighted by Gasteiger charge is -2.26. The monoisotopic (exact) mass is 1120 g/mol. The van der Waals surface area contributed by atoms with Gasteiger partial charge in [0.15, 0.2) is 12.4 Å². The van der Waals surface area contributed by atoms with Crippen LogP contribution in [0.2, 0.25) is 0 Å². The number of carboxylic acids is 1. The van der Waals surface area contributed by atoms with Gasteiger partial charge in [-0.25, -0.2) is 0 Å². The molecule has 0 bridgehead atoms. The molecule has 0 aromatic rings. The Hall–Kier alpha value is -3.79. The number of rotatable bonds is 60. The van der Waals surface area contributed by atoms with Gasteiger partial charge in [0.05, 0.1) is 40.3 Å². The number of aliphatic carboxylic acids is 1. The first-order valence-corrected chi connectivity index (χ1v) is 32.9. The van der Waals surface area contributed by atoms with Crippen LogP contribution < -0.4 is 5.11 Å². The molecule has 0 aliphatic rings. The number of ether oxygens (including phenoxy) is 4. The van der Waals surface area contributed by atoms with E-state index in [4.69, 9.17) is 18.9 Å². The van der Waals surface area contributed by atoms with Crippen molar-refractivity contribution in [2.75, 3.05) is 47.5 Å². The van der Waals surface area contributed by atoms with E-state index in [0.717, 1.165) is 96.3 Å². The van der Waals surface area contributed by atoms with E-state index in [-0.39, 0.29) is 32.2 Å². The molecular formula is C71H123NO8. The summed E-state index contributed by atoms with van der Waals surface area (Å²) in [5, 5.41) is 11.8. The fraction of sp³-hybridized carbons (Fsp3) is 0.732. The molecule has 0 saturated heterocycles. The SMILES string of the molecule is CC/C=C\C/C=C\C/C=C\C/C=C\C/C=C\C/C=C\C/C=C\C/C=C\CCCCCCCCCCCCC(=O)OC(COC(=O)CCCCCCCCCCCCCCCCCCCCCC)COC(OCC[N+](C)(C)C)C(=O)[O-]. The summed E-state index contributed by atoms with van der Waals surface area (Å²) in [6, 6.07) is 0. The number of allylic oxidation sites excluding steroid dienone is 16. The predicted molar refractivity (Wildman–Crippen MR) is 338 cm³/mol. The first-order chi connectivity index (χ1) is 39.1. The number of quaternary nitrogens is 1. The van der Waals surface area contributed by atoms with Crippen molar-refractivity contribution in [3.05, 3.63) is 97.2 Å². The van der Waals surface area contributed by atoms with Crippen molar-refractivity contribution in [3.8, 4) is 0 Å². The van der Waals surface area contributed by atoms with Crippen LogP contribution in [0.4, 0.5) is 0 Å². The van der Waals surface area contributed by atoms with E-state index in [1.54, 1.807) is 0 Å². The molecule has 0 aromatic heterocycles. The van der Waals surface area contributed by atoms with Gasteiger partial charge in [-0.3, -0.25) is 9.59 Å². The third-order valence-electron chi connectivity index (χ3n) is 14.1. The molecule has 0 amide bonds. The van der Waals surface area contributed by atoms with Crippen LogP contribution in [-0.2, 0) is 33.3 Å². The van der Waals surface area contributed by atoms with Crippen LogP contribution in [0.1, 0.15) is 277 Å². The summed E-state index contributed by atoms with van der Waals surface area (Å²) in [7, 11) is 5.93. The molecule has 0 aliphatic carbocycles. The van der Waals surface area contributed by atoms with Crippen LogP contribution in [0, 0.1) is 0 Å². The Labute approximate surface area is 492 Å². The third kappa shape index (κ3) is 61.8. The van der Waals surface area contributed by atoms with Crippen molar-refractivity contribution in [2.45, 2.75) is 289 Å². The molecule has 2 atom stereocenters. The van der Waals surface area contributed by atoms with Gasteiger partial charge in [-0.15, -0.1) is 0 Å². The highest BCUT2D eigenvalue weighted by Gasteiger charge is 2.22. The predicted octanol–water partition coefficient (Wildman–Crippen LogP) is 18.7.